The third-order valence-corrected chi connectivity index (χ3v) is 13.3. The average molecular weight is 795 g/mol. The van der Waals surface area contributed by atoms with E-state index in [2.05, 4.69) is 240 Å². The Bertz CT molecular complexity index is 3540. The summed E-state index contributed by atoms with van der Waals surface area (Å²) in [6.07, 6.45) is 0. The molecule has 0 bridgehead atoms. The number of thiophene rings is 1. The summed E-state index contributed by atoms with van der Waals surface area (Å²) in [5, 5.41) is 7.63. The Balaban J connectivity index is 0.979. The molecule has 0 unspecified atom stereocenters. The summed E-state index contributed by atoms with van der Waals surface area (Å²) in [7, 11) is 0. The molecule has 2 aromatic heterocycles. The molecule has 0 amide bonds. The third-order valence-electron chi connectivity index (χ3n) is 12.2. The first kappa shape index (κ1) is 35.2. The monoisotopic (exact) mass is 794 g/mol. The Morgan fingerprint density at radius 2 is 0.820 bits per heavy atom. The Kier molecular flexibility index (Phi) is 8.39. The van der Waals surface area contributed by atoms with Crippen LogP contribution in [0.25, 0.3) is 91.8 Å². The van der Waals surface area contributed by atoms with Gasteiger partial charge in [0.15, 0.2) is 0 Å². The van der Waals surface area contributed by atoms with Gasteiger partial charge >= 0.3 is 0 Å². The van der Waals surface area contributed by atoms with Crippen molar-refractivity contribution < 1.29 is 0 Å². The van der Waals surface area contributed by atoms with Crippen LogP contribution in [0.1, 0.15) is 0 Å². The molecule has 61 heavy (non-hydrogen) atoms. The lowest BCUT2D eigenvalue weighted by atomic mass is 9.97. The van der Waals surface area contributed by atoms with Crippen molar-refractivity contribution in [2.75, 3.05) is 4.90 Å². The van der Waals surface area contributed by atoms with Crippen LogP contribution < -0.4 is 4.90 Å². The summed E-state index contributed by atoms with van der Waals surface area (Å²) >= 11 is 1.86. The van der Waals surface area contributed by atoms with Crippen molar-refractivity contribution in [3.8, 4) is 39.1 Å². The first-order valence-corrected chi connectivity index (χ1v) is 21.6. The van der Waals surface area contributed by atoms with E-state index in [0.29, 0.717) is 0 Å². The number of anilines is 3. The summed E-state index contributed by atoms with van der Waals surface area (Å²) in [5.41, 5.74) is 14.0. The van der Waals surface area contributed by atoms with Gasteiger partial charge in [0.25, 0.3) is 0 Å². The van der Waals surface area contributed by atoms with E-state index in [0.717, 1.165) is 22.7 Å². The third kappa shape index (κ3) is 6.09. The minimum absolute atomic E-state index is 1.08. The molecule has 0 atom stereocenters. The SMILES string of the molecule is c1cc(-c2ccc(N(c3ccc(-c4ccc5sc6ccccc6c5c4)cc3)c3ccccc3-n3c4ccccc4c4ccccc43)cc2)cc(-c2ccc3ccccc3c2)c1. The van der Waals surface area contributed by atoms with Crippen LogP contribution in [0.2, 0.25) is 0 Å². The van der Waals surface area contributed by atoms with Crippen LogP contribution in [0.3, 0.4) is 0 Å². The lowest BCUT2D eigenvalue weighted by Gasteiger charge is -2.28. The molecule has 286 valence electrons. The molecular formula is C58H38N2S. The molecule has 0 aliphatic carbocycles. The molecule has 10 aromatic carbocycles. The number of rotatable bonds is 7. The zero-order chi connectivity index (χ0) is 40.3. The van der Waals surface area contributed by atoms with Gasteiger partial charge < -0.3 is 9.47 Å². The summed E-state index contributed by atoms with van der Waals surface area (Å²) in [5.74, 6) is 0. The first-order chi connectivity index (χ1) is 30.2. The Labute approximate surface area is 358 Å². The summed E-state index contributed by atoms with van der Waals surface area (Å²) < 4.78 is 5.07. The molecule has 0 fully saturated rings. The molecule has 0 saturated carbocycles. The molecule has 0 N–H and O–H groups in total. The summed E-state index contributed by atoms with van der Waals surface area (Å²) in [6, 6.07) is 84.2. The van der Waals surface area contributed by atoms with Gasteiger partial charge in [0, 0.05) is 42.3 Å². The fourth-order valence-electron chi connectivity index (χ4n) is 9.21. The van der Waals surface area contributed by atoms with E-state index in [1.54, 1.807) is 0 Å². The molecule has 0 radical (unpaired) electrons. The number of aromatic nitrogens is 1. The molecule has 2 heterocycles. The fraction of sp³-hybridized carbons (Fsp3) is 0. The van der Waals surface area contributed by atoms with Gasteiger partial charge in [-0.25, -0.2) is 0 Å². The molecule has 12 rings (SSSR count). The Hall–Kier alpha value is -7.72. The summed E-state index contributed by atoms with van der Waals surface area (Å²) in [4.78, 5) is 2.41. The van der Waals surface area contributed by atoms with Crippen molar-refractivity contribution in [3.05, 3.63) is 231 Å². The largest absolute Gasteiger partial charge is 0.308 e. The van der Waals surface area contributed by atoms with Gasteiger partial charge in [0.2, 0.25) is 0 Å². The molecule has 0 saturated heterocycles. The van der Waals surface area contributed by atoms with Crippen LogP contribution >= 0.6 is 11.3 Å². The number of nitrogens with zero attached hydrogens (tertiary/aromatic N) is 2. The topological polar surface area (TPSA) is 8.17 Å². The smallest absolute Gasteiger partial charge is 0.0702 e. The minimum atomic E-state index is 1.08. The van der Waals surface area contributed by atoms with E-state index in [1.165, 1.54) is 86.1 Å². The van der Waals surface area contributed by atoms with E-state index >= 15 is 0 Å². The first-order valence-electron chi connectivity index (χ1n) is 20.8. The second kappa shape index (κ2) is 14.5. The van der Waals surface area contributed by atoms with Crippen molar-refractivity contribution >= 4 is 81.1 Å². The van der Waals surface area contributed by atoms with Crippen molar-refractivity contribution in [1.82, 2.24) is 4.57 Å². The van der Waals surface area contributed by atoms with E-state index in [9.17, 15) is 0 Å². The maximum Gasteiger partial charge on any atom is 0.0702 e. The van der Waals surface area contributed by atoms with E-state index < -0.39 is 0 Å². The van der Waals surface area contributed by atoms with Gasteiger partial charge in [-0.2, -0.15) is 0 Å². The van der Waals surface area contributed by atoms with Crippen LogP contribution in [-0.4, -0.2) is 4.57 Å². The van der Waals surface area contributed by atoms with Crippen molar-refractivity contribution in [2.45, 2.75) is 0 Å². The van der Waals surface area contributed by atoms with Crippen LogP contribution in [0.15, 0.2) is 231 Å². The molecule has 0 spiro atoms. The zero-order valence-corrected chi connectivity index (χ0v) is 34.1. The Morgan fingerprint density at radius 1 is 0.311 bits per heavy atom. The number of hydrogen-bond donors (Lipinski definition) is 0. The summed E-state index contributed by atoms with van der Waals surface area (Å²) in [6.45, 7) is 0. The predicted molar refractivity (Wildman–Crippen MR) is 262 cm³/mol. The lowest BCUT2D eigenvalue weighted by Crippen LogP contribution is -2.13. The van der Waals surface area contributed by atoms with Crippen LogP contribution in [0, 0.1) is 0 Å². The fourth-order valence-corrected chi connectivity index (χ4v) is 10.3. The van der Waals surface area contributed by atoms with Crippen LogP contribution in [0.5, 0.6) is 0 Å². The molecule has 3 heteroatoms. The van der Waals surface area contributed by atoms with Gasteiger partial charge in [-0.1, -0.05) is 152 Å². The quantitative estimate of drug-likeness (QED) is 0.156. The minimum Gasteiger partial charge on any atom is -0.308 e. The Morgan fingerprint density at radius 3 is 1.54 bits per heavy atom. The maximum atomic E-state index is 2.43. The number of benzene rings is 10. The molecule has 0 aliphatic rings. The number of para-hydroxylation sites is 4. The van der Waals surface area contributed by atoms with Gasteiger partial charge in [-0.15, -0.1) is 11.3 Å². The lowest BCUT2D eigenvalue weighted by molar-refractivity contribution is 1.15. The molecule has 12 aromatic rings. The van der Waals surface area contributed by atoms with Gasteiger partial charge in [-0.3, -0.25) is 0 Å². The molecular weight excluding hydrogens is 757 g/mol. The van der Waals surface area contributed by atoms with Gasteiger partial charge in [0.1, 0.15) is 0 Å². The normalized spacial score (nSPS) is 11.6. The van der Waals surface area contributed by atoms with E-state index in [4.69, 9.17) is 0 Å². The molecule has 0 aliphatic heterocycles. The maximum absolute atomic E-state index is 2.43. The van der Waals surface area contributed by atoms with Crippen molar-refractivity contribution in [2.24, 2.45) is 0 Å². The highest BCUT2D eigenvalue weighted by Gasteiger charge is 2.21. The molecule has 2 nitrogen and oxygen atoms in total. The van der Waals surface area contributed by atoms with Crippen LogP contribution in [0.4, 0.5) is 17.1 Å². The number of fused-ring (bicyclic) bond motifs is 7. The van der Waals surface area contributed by atoms with Crippen LogP contribution in [-0.2, 0) is 0 Å². The van der Waals surface area contributed by atoms with Gasteiger partial charge in [-0.05, 0) is 123 Å². The van der Waals surface area contributed by atoms with Gasteiger partial charge in [0.05, 0.1) is 22.4 Å². The van der Waals surface area contributed by atoms with E-state index in [1.807, 2.05) is 11.3 Å². The second-order valence-corrected chi connectivity index (χ2v) is 16.8. The second-order valence-electron chi connectivity index (χ2n) is 15.7. The predicted octanol–water partition coefficient (Wildman–Crippen LogP) is 16.8. The highest BCUT2D eigenvalue weighted by molar-refractivity contribution is 7.25. The standard InChI is InChI=1S/C58H38N2S/c1-2-13-42-37-45(25-24-39(42)12-1)44-15-11-14-43(36-44)40-26-31-47(32-27-40)59(48-33-28-41(29-34-48)46-30-35-58-52(38-46)51-18-5-10-23-57(51)61-58)55-21-8-9-22-56(55)60-53-19-6-3-16-49(53)50-17-4-7-20-54(50)60/h1-38H. The van der Waals surface area contributed by atoms with Crippen molar-refractivity contribution in [3.63, 3.8) is 0 Å². The highest BCUT2D eigenvalue weighted by atomic mass is 32.1. The average Bonchev–Trinajstić information content (AvgIpc) is 3.88. The zero-order valence-electron chi connectivity index (χ0n) is 33.2. The van der Waals surface area contributed by atoms with Crippen molar-refractivity contribution in [1.29, 1.82) is 0 Å². The van der Waals surface area contributed by atoms with E-state index in [-0.39, 0.29) is 0 Å². The highest BCUT2D eigenvalue weighted by Crippen LogP contribution is 2.43. The number of hydrogen-bond acceptors (Lipinski definition) is 2.